The molecule has 0 bridgehead atoms. The number of alkyl carbamates (subject to hydrolysis) is 1. The Morgan fingerprint density at radius 1 is 1.00 bits per heavy atom. The van der Waals surface area contributed by atoms with Crippen molar-refractivity contribution in [3.05, 3.63) is 48.0 Å². The van der Waals surface area contributed by atoms with Crippen molar-refractivity contribution >= 4 is 18.0 Å². The lowest BCUT2D eigenvalue weighted by Crippen LogP contribution is -2.39. The molecule has 0 aliphatic carbocycles. The van der Waals surface area contributed by atoms with Crippen molar-refractivity contribution < 1.29 is 23.9 Å². The lowest BCUT2D eigenvalue weighted by molar-refractivity contribution is -0.145. The number of rotatable bonds is 11. The van der Waals surface area contributed by atoms with E-state index in [0.717, 1.165) is 18.4 Å². The second kappa shape index (κ2) is 13.4. The number of ether oxygens (including phenoxy) is 2. The zero-order chi connectivity index (χ0) is 21.5. The molecule has 0 aromatic heterocycles. The van der Waals surface area contributed by atoms with Gasteiger partial charge in [-0.15, -0.1) is 0 Å². The van der Waals surface area contributed by atoms with E-state index < -0.39 is 11.7 Å². The fraction of sp³-hybridized carbons (Fsp3) is 0.500. The monoisotopic (exact) mass is 404 g/mol. The minimum Gasteiger partial charge on any atom is -0.461 e. The lowest BCUT2D eigenvalue weighted by Gasteiger charge is -2.19. The van der Waals surface area contributed by atoms with Gasteiger partial charge in [0.1, 0.15) is 12.2 Å². The molecule has 1 aromatic carbocycles. The van der Waals surface area contributed by atoms with E-state index in [1.807, 2.05) is 42.5 Å². The molecule has 0 aliphatic heterocycles. The van der Waals surface area contributed by atoms with Crippen LogP contribution in [0.4, 0.5) is 4.79 Å². The van der Waals surface area contributed by atoms with Gasteiger partial charge >= 0.3 is 12.1 Å². The molecule has 29 heavy (non-hydrogen) atoms. The van der Waals surface area contributed by atoms with E-state index in [0.29, 0.717) is 26.0 Å². The number of unbranched alkanes of at least 4 members (excludes halogenated alkanes) is 1. The van der Waals surface area contributed by atoms with Crippen molar-refractivity contribution in [3.8, 4) is 0 Å². The van der Waals surface area contributed by atoms with Crippen molar-refractivity contribution in [1.29, 1.82) is 0 Å². The third-order valence-corrected chi connectivity index (χ3v) is 3.59. The first-order valence-corrected chi connectivity index (χ1v) is 9.84. The van der Waals surface area contributed by atoms with Crippen LogP contribution in [0.25, 0.3) is 0 Å². The van der Waals surface area contributed by atoms with E-state index in [4.69, 9.17) is 9.47 Å². The Morgan fingerprint density at radius 3 is 2.38 bits per heavy atom. The molecule has 0 unspecified atom stereocenters. The first-order valence-electron chi connectivity index (χ1n) is 9.84. The average molecular weight is 405 g/mol. The number of benzene rings is 1. The van der Waals surface area contributed by atoms with Gasteiger partial charge in [-0.1, -0.05) is 42.5 Å². The van der Waals surface area contributed by atoms with Crippen molar-refractivity contribution in [2.45, 2.75) is 58.7 Å². The molecule has 2 amide bonds. The van der Waals surface area contributed by atoms with Crippen molar-refractivity contribution in [2.75, 3.05) is 13.1 Å². The molecule has 0 spiro atoms. The molecule has 160 valence electrons. The highest BCUT2D eigenvalue weighted by molar-refractivity contribution is 5.82. The summed E-state index contributed by atoms with van der Waals surface area (Å²) in [5.74, 6) is -0.475. The molecule has 7 heteroatoms. The maximum absolute atomic E-state index is 11.7. The Bertz CT molecular complexity index is 666. The van der Waals surface area contributed by atoms with E-state index in [2.05, 4.69) is 10.6 Å². The first-order chi connectivity index (χ1) is 13.8. The molecule has 0 atom stereocenters. The van der Waals surface area contributed by atoms with Gasteiger partial charge in [0.05, 0.1) is 6.54 Å². The van der Waals surface area contributed by atoms with E-state index in [-0.39, 0.29) is 18.4 Å². The molecule has 0 radical (unpaired) electrons. The molecule has 0 aliphatic rings. The molecule has 0 saturated heterocycles. The van der Waals surface area contributed by atoms with E-state index in [1.165, 1.54) is 0 Å². The van der Waals surface area contributed by atoms with E-state index in [1.54, 1.807) is 20.8 Å². The zero-order valence-corrected chi connectivity index (χ0v) is 17.5. The molecule has 7 nitrogen and oxygen atoms in total. The maximum atomic E-state index is 11.7. The minimum absolute atomic E-state index is 0.121. The second-order valence-corrected chi connectivity index (χ2v) is 7.50. The highest BCUT2D eigenvalue weighted by Crippen LogP contribution is 2.06. The van der Waals surface area contributed by atoms with Gasteiger partial charge in [0.25, 0.3) is 0 Å². The second-order valence-electron chi connectivity index (χ2n) is 7.50. The highest BCUT2D eigenvalue weighted by Gasteiger charge is 2.16. The van der Waals surface area contributed by atoms with Gasteiger partial charge in [0.2, 0.25) is 5.91 Å². The number of amides is 2. The number of allylic oxidation sites excluding steroid dienone is 1. The largest absolute Gasteiger partial charge is 0.461 e. The number of carbonyl (C=O) groups is 3. The van der Waals surface area contributed by atoms with Crippen LogP contribution < -0.4 is 10.6 Å². The summed E-state index contributed by atoms with van der Waals surface area (Å²) in [5, 5.41) is 5.11. The van der Waals surface area contributed by atoms with Gasteiger partial charge in [-0.25, -0.2) is 4.79 Å². The summed E-state index contributed by atoms with van der Waals surface area (Å²) >= 11 is 0. The number of carbonyl (C=O) groups excluding carboxylic acids is 3. The van der Waals surface area contributed by atoms with Crippen LogP contribution >= 0.6 is 0 Å². The van der Waals surface area contributed by atoms with Gasteiger partial charge < -0.3 is 20.1 Å². The average Bonchev–Trinajstić information content (AvgIpc) is 2.66. The summed E-state index contributed by atoms with van der Waals surface area (Å²) in [6.45, 7) is 5.93. The normalized spacial score (nSPS) is 11.1. The quantitative estimate of drug-likeness (QED) is 0.335. The van der Waals surface area contributed by atoms with Crippen molar-refractivity contribution in [2.24, 2.45) is 0 Å². The van der Waals surface area contributed by atoms with E-state index in [9.17, 15) is 14.4 Å². The van der Waals surface area contributed by atoms with Crippen LogP contribution in [0.1, 0.15) is 52.0 Å². The Balaban J connectivity index is 2.00. The standard InChI is InChI=1S/C22H32N2O5/c1-22(2,3)29-21(27)24-16-19(25)23-15-11-6-4-5-10-14-20(26)28-17-18-12-8-7-9-13-18/h4,6-9,12-13H,5,10-11,14-17H2,1-3H3,(H,23,25)(H,24,27)/b6-4-. The van der Waals surface area contributed by atoms with Crippen LogP contribution in [0, 0.1) is 0 Å². The number of hydrogen-bond donors (Lipinski definition) is 2. The molecule has 1 rings (SSSR count). The topological polar surface area (TPSA) is 93.7 Å². The minimum atomic E-state index is -0.616. The Kier molecular flexibility index (Phi) is 11.2. The van der Waals surface area contributed by atoms with Crippen LogP contribution in [0.3, 0.4) is 0 Å². The summed E-state index contributed by atoms with van der Waals surface area (Å²) in [4.78, 5) is 34.8. The van der Waals surface area contributed by atoms with Crippen LogP contribution in [0.5, 0.6) is 0 Å². The molecule has 0 fully saturated rings. The fourth-order valence-electron chi connectivity index (χ4n) is 2.23. The summed E-state index contributed by atoms with van der Waals surface area (Å²) in [7, 11) is 0. The van der Waals surface area contributed by atoms with Crippen LogP contribution in [0.2, 0.25) is 0 Å². The number of esters is 1. The molecular formula is C22H32N2O5. The maximum Gasteiger partial charge on any atom is 0.408 e. The predicted octanol–water partition coefficient (Wildman–Crippen LogP) is 3.49. The Labute approximate surface area is 172 Å². The third-order valence-electron chi connectivity index (χ3n) is 3.59. The molecule has 0 heterocycles. The van der Waals surface area contributed by atoms with Crippen molar-refractivity contribution in [3.63, 3.8) is 0 Å². The van der Waals surface area contributed by atoms with Gasteiger partial charge in [0, 0.05) is 13.0 Å². The molecule has 0 saturated carbocycles. The first kappa shape index (κ1) is 24.2. The van der Waals surface area contributed by atoms with Gasteiger partial charge in [0.15, 0.2) is 0 Å². The van der Waals surface area contributed by atoms with E-state index >= 15 is 0 Å². The van der Waals surface area contributed by atoms with Gasteiger partial charge in [-0.05, 0) is 45.6 Å². The third kappa shape index (κ3) is 13.9. The summed E-state index contributed by atoms with van der Waals surface area (Å²) in [5.41, 5.74) is 0.383. The zero-order valence-electron chi connectivity index (χ0n) is 17.5. The number of hydrogen-bond acceptors (Lipinski definition) is 5. The summed E-state index contributed by atoms with van der Waals surface area (Å²) in [6, 6.07) is 9.58. The molecular weight excluding hydrogens is 372 g/mol. The van der Waals surface area contributed by atoms with Gasteiger partial charge in [-0.2, -0.15) is 0 Å². The molecule has 2 N–H and O–H groups in total. The van der Waals surface area contributed by atoms with Crippen molar-refractivity contribution in [1.82, 2.24) is 10.6 Å². The van der Waals surface area contributed by atoms with Crippen LogP contribution in [0.15, 0.2) is 42.5 Å². The number of nitrogens with one attached hydrogen (secondary N) is 2. The molecule has 1 aromatic rings. The predicted molar refractivity (Wildman–Crippen MR) is 111 cm³/mol. The smallest absolute Gasteiger partial charge is 0.408 e. The lowest BCUT2D eigenvalue weighted by atomic mass is 10.2. The SMILES string of the molecule is CC(C)(C)OC(=O)NCC(=O)NCC/C=C\CCCC(=O)OCc1ccccc1. The Morgan fingerprint density at radius 2 is 1.69 bits per heavy atom. The summed E-state index contributed by atoms with van der Waals surface area (Å²) in [6.07, 6.45) is 5.87. The van der Waals surface area contributed by atoms with Crippen LogP contribution in [-0.4, -0.2) is 36.7 Å². The fourth-order valence-corrected chi connectivity index (χ4v) is 2.23. The summed E-state index contributed by atoms with van der Waals surface area (Å²) < 4.78 is 10.3. The Hall–Kier alpha value is -2.83. The van der Waals surface area contributed by atoms with Crippen LogP contribution in [-0.2, 0) is 25.7 Å². The highest BCUT2D eigenvalue weighted by atomic mass is 16.6. The van der Waals surface area contributed by atoms with Gasteiger partial charge in [-0.3, -0.25) is 9.59 Å².